The van der Waals surface area contributed by atoms with Crippen molar-refractivity contribution in [3.05, 3.63) is 51.7 Å². The Morgan fingerprint density at radius 3 is 2.78 bits per heavy atom. The maximum Gasteiger partial charge on any atom is 0.253 e. The minimum atomic E-state index is -0.117. The van der Waals surface area contributed by atoms with Gasteiger partial charge >= 0.3 is 0 Å². The normalized spacial score (nSPS) is 13.3. The number of hydrogen-bond acceptors (Lipinski definition) is 7. The van der Waals surface area contributed by atoms with Crippen LogP contribution in [0.25, 0.3) is 17.0 Å². The highest BCUT2D eigenvalue weighted by molar-refractivity contribution is 7.98. The van der Waals surface area contributed by atoms with E-state index in [1.165, 1.54) is 53.5 Å². The summed E-state index contributed by atoms with van der Waals surface area (Å²) in [5.74, 6) is 0.442. The van der Waals surface area contributed by atoms with Crippen LogP contribution in [0.2, 0.25) is 0 Å². The lowest BCUT2D eigenvalue weighted by Gasteiger charge is -2.16. The van der Waals surface area contributed by atoms with Crippen LogP contribution in [0.4, 0.5) is 5.13 Å². The number of rotatable bonds is 5. The van der Waals surface area contributed by atoms with E-state index in [0.29, 0.717) is 16.1 Å². The van der Waals surface area contributed by atoms with Gasteiger partial charge in [-0.25, -0.2) is 14.5 Å². The third-order valence-electron chi connectivity index (χ3n) is 5.94. The van der Waals surface area contributed by atoms with Gasteiger partial charge in [0.2, 0.25) is 11.1 Å². The summed E-state index contributed by atoms with van der Waals surface area (Å²) in [7, 11) is 0. The minimum Gasteiger partial charge on any atom is -0.302 e. The summed E-state index contributed by atoms with van der Waals surface area (Å²) in [6.45, 7) is 3.85. The summed E-state index contributed by atoms with van der Waals surface area (Å²) in [5.41, 5.74) is 7.43. The molecule has 1 aromatic carbocycles. The van der Waals surface area contributed by atoms with Crippen molar-refractivity contribution in [1.82, 2.24) is 24.6 Å². The molecule has 1 aliphatic rings. The van der Waals surface area contributed by atoms with Crippen molar-refractivity contribution in [2.75, 3.05) is 11.6 Å². The van der Waals surface area contributed by atoms with Gasteiger partial charge in [0.25, 0.3) is 5.78 Å². The molecule has 1 aliphatic carbocycles. The third-order valence-corrected chi connectivity index (χ3v) is 7.24. The number of thiazole rings is 1. The molecule has 1 N–H and O–H groups in total. The molecule has 0 aliphatic heterocycles. The van der Waals surface area contributed by atoms with Gasteiger partial charge in [-0.15, -0.1) is 16.4 Å². The van der Waals surface area contributed by atoms with Crippen molar-refractivity contribution >= 4 is 39.9 Å². The van der Waals surface area contributed by atoms with Gasteiger partial charge in [0, 0.05) is 27.9 Å². The highest BCUT2D eigenvalue weighted by Gasteiger charge is 2.17. The first kappa shape index (κ1) is 21.1. The number of nitrogens with one attached hydrogen (secondary N) is 1. The fourth-order valence-corrected chi connectivity index (χ4v) is 5.28. The lowest BCUT2D eigenvalue weighted by atomic mass is 9.90. The number of thioether (sulfide) groups is 1. The second kappa shape index (κ2) is 8.63. The van der Waals surface area contributed by atoms with E-state index in [-0.39, 0.29) is 12.3 Å². The van der Waals surface area contributed by atoms with Crippen LogP contribution in [0, 0.1) is 13.8 Å². The number of carbonyl (C=O) groups excluding carboxylic acids is 1. The number of aromatic nitrogens is 5. The van der Waals surface area contributed by atoms with Crippen LogP contribution in [-0.2, 0) is 24.1 Å². The Morgan fingerprint density at radius 2 is 1.97 bits per heavy atom. The van der Waals surface area contributed by atoms with Gasteiger partial charge in [0.1, 0.15) is 0 Å². The number of nitrogens with zero attached hydrogens (tertiary/aromatic N) is 5. The first-order valence-corrected chi connectivity index (χ1v) is 12.8. The zero-order valence-electron chi connectivity index (χ0n) is 18.3. The van der Waals surface area contributed by atoms with E-state index < -0.39 is 0 Å². The molecule has 0 spiro atoms. The molecular weight excluding hydrogens is 440 g/mol. The number of benzene rings is 1. The molecule has 5 rings (SSSR count). The predicted molar refractivity (Wildman–Crippen MR) is 129 cm³/mol. The van der Waals surface area contributed by atoms with Crippen molar-refractivity contribution in [3.63, 3.8) is 0 Å². The highest BCUT2D eigenvalue weighted by atomic mass is 32.2. The molecule has 9 heteroatoms. The molecule has 0 bridgehead atoms. The maximum absolute atomic E-state index is 12.8. The van der Waals surface area contributed by atoms with E-state index in [9.17, 15) is 4.79 Å². The number of carbonyl (C=O) groups is 1. The van der Waals surface area contributed by atoms with Crippen molar-refractivity contribution < 1.29 is 4.79 Å². The van der Waals surface area contributed by atoms with Crippen LogP contribution in [0.5, 0.6) is 0 Å². The number of hydrogen-bond donors (Lipinski definition) is 1. The largest absolute Gasteiger partial charge is 0.302 e. The van der Waals surface area contributed by atoms with Gasteiger partial charge in [-0.05, 0) is 63.0 Å². The Balaban J connectivity index is 1.33. The molecule has 0 radical (unpaired) electrons. The Morgan fingerprint density at radius 1 is 1.16 bits per heavy atom. The van der Waals surface area contributed by atoms with Crippen LogP contribution in [0.1, 0.15) is 40.9 Å². The van der Waals surface area contributed by atoms with Crippen LogP contribution >= 0.6 is 23.1 Å². The molecule has 4 aromatic rings. The third kappa shape index (κ3) is 4.02. The topological polar surface area (TPSA) is 85.1 Å². The SMILES string of the molecule is CSc1nc2nc(C)c(CC(=O)Nc3nc(-c4ccc5c(c4)CCCC5)cs3)c(C)n2n1. The Bertz CT molecular complexity index is 1330. The summed E-state index contributed by atoms with van der Waals surface area (Å²) in [6.07, 6.45) is 6.97. The van der Waals surface area contributed by atoms with Gasteiger partial charge in [0.05, 0.1) is 12.1 Å². The Labute approximate surface area is 194 Å². The molecule has 0 unspecified atom stereocenters. The number of amides is 1. The fraction of sp³-hybridized carbons (Fsp3) is 0.348. The molecule has 3 heterocycles. The van der Waals surface area contributed by atoms with Crippen molar-refractivity contribution in [1.29, 1.82) is 0 Å². The van der Waals surface area contributed by atoms with Crippen molar-refractivity contribution in [2.45, 2.75) is 51.1 Å². The summed E-state index contributed by atoms with van der Waals surface area (Å²) < 4.78 is 1.71. The Kier molecular flexibility index (Phi) is 5.69. The molecule has 1 amide bonds. The number of aryl methyl sites for hydroxylation is 4. The standard InChI is InChI=1S/C23H24N6OS2/c1-13-18(14(2)29-21(24-13)27-23(28-29)31-3)11-20(30)26-22-25-19(12-32-22)17-9-8-15-6-4-5-7-16(15)10-17/h8-10,12H,4-7,11H2,1-3H3,(H,25,26,30). The summed E-state index contributed by atoms with van der Waals surface area (Å²) in [4.78, 5) is 26.4. The Hall–Kier alpha value is -2.78. The van der Waals surface area contributed by atoms with E-state index in [1.807, 2.05) is 25.5 Å². The summed E-state index contributed by atoms with van der Waals surface area (Å²) in [6, 6.07) is 6.62. The second-order valence-corrected chi connectivity index (χ2v) is 9.66. The zero-order chi connectivity index (χ0) is 22.2. The molecule has 32 heavy (non-hydrogen) atoms. The second-order valence-electron chi connectivity index (χ2n) is 8.02. The van der Waals surface area contributed by atoms with Gasteiger partial charge < -0.3 is 5.32 Å². The molecule has 0 saturated heterocycles. The van der Waals surface area contributed by atoms with E-state index in [1.54, 1.807) is 4.52 Å². The van der Waals surface area contributed by atoms with Gasteiger partial charge in [-0.2, -0.15) is 4.98 Å². The van der Waals surface area contributed by atoms with Crippen LogP contribution in [-0.4, -0.2) is 36.7 Å². The van der Waals surface area contributed by atoms with Crippen LogP contribution < -0.4 is 5.32 Å². The summed E-state index contributed by atoms with van der Waals surface area (Å²) in [5, 5.41) is 10.7. The van der Waals surface area contributed by atoms with Crippen LogP contribution in [0.15, 0.2) is 28.7 Å². The molecule has 3 aromatic heterocycles. The quantitative estimate of drug-likeness (QED) is 0.433. The number of fused-ring (bicyclic) bond motifs is 2. The monoisotopic (exact) mass is 464 g/mol. The van der Waals surface area contributed by atoms with Crippen LogP contribution in [0.3, 0.4) is 0 Å². The molecule has 0 atom stereocenters. The first-order valence-electron chi connectivity index (χ1n) is 10.7. The molecule has 164 valence electrons. The van der Waals surface area contributed by atoms with Gasteiger partial charge in [-0.1, -0.05) is 23.9 Å². The van der Waals surface area contributed by atoms with Crippen molar-refractivity contribution in [3.8, 4) is 11.3 Å². The van der Waals surface area contributed by atoms with E-state index in [0.717, 1.165) is 34.6 Å². The average molecular weight is 465 g/mol. The zero-order valence-corrected chi connectivity index (χ0v) is 19.9. The molecule has 7 nitrogen and oxygen atoms in total. The smallest absolute Gasteiger partial charge is 0.253 e. The highest BCUT2D eigenvalue weighted by Crippen LogP contribution is 2.30. The lowest BCUT2D eigenvalue weighted by molar-refractivity contribution is -0.115. The van der Waals surface area contributed by atoms with E-state index >= 15 is 0 Å². The molecular formula is C23H24N6OS2. The lowest BCUT2D eigenvalue weighted by Crippen LogP contribution is -2.17. The fourth-order valence-electron chi connectivity index (χ4n) is 4.21. The predicted octanol–water partition coefficient (Wildman–Crippen LogP) is 4.65. The molecule has 0 saturated carbocycles. The maximum atomic E-state index is 12.8. The van der Waals surface area contributed by atoms with E-state index in [2.05, 4.69) is 43.6 Å². The first-order chi connectivity index (χ1) is 15.5. The van der Waals surface area contributed by atoms with Gasteiger partial charge in [0.15, 0.2) is 5.13 Å². The minimum absolute atomic E-state index is 0.117. The average Bonchev–Trinajstić information content (AvgIpc) is 3.43. The van der Waals surface area contributed by atoms with Gasteiger partial charge in [-0.3, -0.25) is 4.79 Å². The van der Waals surface area contributed by atoms with Crippen molar-refractivity contribution in [2.24, 2.45) is 0 Å². The van der Waals surface area contributed by atoms with E-state index in [4.69, 9.17) is 0 Å². The number of anilines is 1. The summed E-state index contributed by atoms with van der Waals surface area (Å²) >= 11 is 2.92. The molecule has 0 fully saturated rings.